The number of anilines is 1. The van der Waals surface area contributed by atoms with Gasteiger partial charge in [-0.05, 0) is 49.5 Å². The lowest BCUT2D eigenvalue weighted by Crippen LogP contribution is -2.31. The second kappa shape index (κ2) is 5.71. The Morgan fingerprint density at radius 1 is 1.50 bits per heavy atom. The maximum atomic E-state index is 12.0. The molecule has 2 rings (SSSR count). The summed E-state index contributed by atoms with van der Waals surface area (Å²) in [6.45, 7) is 3.70. The van der Waals surface area contributed by atoms with E-state index in [-0.39, 0.29) is 5.91 Å². The largest absolute Gasteiger partial charge is 0.399 e. The molecule has 1 saturated carbocycles. The molecule has 1 aliphatic rings. The number of carbonyl (C=O) groups excluding carboxylic acids is 1. The van der Waals surface area contributed by atoms with Gasteiger partial charge in [0.15, 0.2) is 0 Å². The number of carbonyl (C=O) groups is 1. The highest BCUT2D eigenvalue weighted by atomic mass is 16.2. The van der Waals surface area contributed by atoms with Crippen molar-refractivity contribution < 1.29 is 4.79 Å². The number of nitrogen functional groups attached to an aromatic ring is 1. The van der Waals surface area contributed by atoms with Gasteiger partial charge >= 0.3 is 0 Å². The topological polar surface area (TPSA) is 46.3 Å². The first kappa shape index (κ1) is 12.7. The molecule has 0 bridgehead atoms. The first-order valence-electron chi connectivity index (χ1n) is 6.51. The zero-order valence-electron chi connectivity index (χ0n) is 10.8. The van der Waals surface area contributed by atoms with Crippen LogP contribution in [0.25, 0.3) is 6.08 Å². The van der Waals surface area contributed by atoms with Crippen LogP contribution in [-0.2, 0) is 4.79 Å². The van der Waals surface area contributed by atoms with Gasteiger partial charge in [-0.1, -0.05) is 12.1 Å². The highest BCUT2D eigenvalue weighted by Crippen LogP contribution is 2.29. The molecule has 1 aliphatic carbocycles. The lowest BCUT2D eigenvalue weighted by Gasteiger charge is -2.18. The number of likely N-dealkylation sites (N-methyl/N-ethyl adjacent to an activating group) is 1. The summed E-state index contributed by atoms with van der Waals surface area (Å²) in [6, 6.07) is 7.53. The molecule has 3 nitrogen and oxygen atoms in total. The van der Waals surface area contributed by atoms with Gasteiger partial charge in [-0.3, -0.25) is 4.79 Å². The lowest BCUT2D eigenvalue weighted by molar-refractivity contribution is -0.126. The fourth-order valence-corrected chi connectivity index (χ4v) is 1.92. The third kappa shape index (κ3) is 3.62. The van der Waals surface area contributed by atoms with Crippen molar-refractivity contribution in [1.82, 2.24) is 4.90 Å². The molecule has 0 aliphatic heterocycles. The van der Waals surface area contributed by atoms with Crippen molar-refractivity contribution in [2.75, 3.05) is 18.8 Å². The van der Waals surface area contributed by atoms with E-state index in [9.17, 15) is 4.79 Å². The van der Waals surface area contributed by atoms with E-state index in [1.807, 2.05) is 42.2 Å². The molecule has 1 amide bonds. The van der Waals surface area contributed by atoms with Gasteiger partial charge in [-0.15, -0.1) is 0 Å². The molecule has 0 radical (unpaired) electrons. The molecular weight excluding hydrogens is 224 g/mol. The summed E-state index contributed by atoms with van der Waals surface area (Å²) in [4.78, 5) is 13.9. The predicted octanol–water partition coefficient (Wildman–Crippen LogP) is 2.54. The van der Waals surface area contributed by atoms with Crippen LogP contribution in [0.15, 0.2) is 30.3 Å². The van der Waals surface area contributed by atoms with Crippen LogP contribution in [0.3, 0.4) is 0 Å². The quantitative estimate of drug-likeness (QED) is 0.639. The van der Waals surface area contributed by atoms with Crippen molar-refractivity contribution >= 4 is 17.7 Å². The molecule has 96 valence electrons. The number of nitrogens with two attached hydrogens (primary N) is 1. The van der Waals surface area contributed by atoms with Crippen molar-refractivity contribution in [1.29, 1.82) is 0 Å². The van der Waals surface area contributed by atoms with Gasteiger partial charge in [-0.2, -0.15) is 0 Å². The van der Waals surface area contributed by atoms with Crippen LogP contribution in [-0.4, -0.2) is 23.9 Å². The van der Waals surface area contributed by atoms with Crippen LogP contribution in [0.4, 0.5) is 5.69 Å². The molecule has 1 aromatic carbocycles. The Morgan fingerprint density at radius 2 is 2.28 bits per heavy atom. The van der Waals surface area contributed by atoms with Crippen LogP contribution in [0, 0.1) is 5.92 Å². The van der Waals surface area contributed by atoms with Crippen LogP contribution in [0.5, 0.6) is 0 Å². The molecule has 0 aromatic heterocycles. The first-order valence-corrected chi connectivity index (χ1v) is 6.51. The summed E-state index contributed by atoms with van der Waals surface area (Å²) in [5.74, 6) is 0.821. The molecule has 0 spiro atoms. The van der Waals surface area contributed by atoms with Crippen molar-refractivity contribution in [3.63, 3.8) is 0 Å². The molecule has 1 aromatic rings. The molecule has 0 saturated heterocycles. The Morgan fingerprint density at radius 3 is 2.89 bits per heavy atom. The van der Waals surface area contributed by atoms with Crippen LogP contribution < -0.4 is 5.73 Å². The van der Waals surface area contributed by atoms with Crippen LogP contribution >= 0.6 is 0 Å². The Labute approximate surface area is 108 Å². The third-order valence-corrected chi connectivity index (χ3v) is 3.20. The van der Waals surface area contributed by atoms with Crippen molar-refractivity contribution in [2.45, 2.75) is 19.8 Å². The molecule has 0 atom stereocenters. The lowest BCUT2D eigenvalue weighted by atomic mass is 10.2. The minimum atomic E-state index is 0.0897. The summed E-state index contributed by atoms with van der Waals surface area (Å²) in [6.07, 6.45) is 6.00. The fourth-order valence-electron chi connectivity index (χ4n) is 1.92. The van der Waals surface area contributed by atoms with E-state index >= 15 is 0 Å². The molecule has 3 heteroatoms. The van der Waals surface area contributed by atoms with Gasteiger partial charge in [0.05, 0.1) is 0 Å². The molecular formula is C15H20N2O. The zero-order valence-corrected chi connectivity index (χ0v) is 10.8. The number of benzene rings is 1. The molecule has 0 heterocycles. The first-order chi connectivity index (χ1) is 8.69. The van der Waals surface area contributed by atoms with Gasteiger partial charge in [0.25, 0.3) is 0 Å². The van der Waals surface area contributed by atoms with E-state index in [0.29, 0.717) is 0 Å². The standard InChI is InChI=1S/C15H20N2O/c1-2-17(11-13-6-7-13)15(18)9-8-12-4-3-5-14(16)10-12/h3-5,8-10,13H,2,6-7,11,16H2,1H3/b9-8+. The third-order valence-electron chi connectivity index (χ3n) is 3.20. The number of amides is 1. The van der Waals surface area contributed by atoms with Crippen LogP contribution in [0.2, 0.25) is 0 Å². The maximum Gasteiger partial charge on any atom is 0.246 e. The average Bonchev–Trinajstić information content (AvgIpc) is 3.17. The second-order valence-electron chi connectivity index (χ2n) is 4.82. The summed E-state index contributed by atoms with van der Waals surface area (Å²) in [7, 11) is 0. The highest BCUT2D eigenvalue weighted by Gasteiger charge is 2.25. The minimum Gasteiger partial charge on any atom is -0.399 e. The number of nitrogens with zero attached hydrogens (tertiary/aromatic N) is 1. The van der Waals surface area contributed by atoms with E-state index in [0.717, 1.165) is 30.3 Å². The van der Waals surface area contributed by atoms with E-state index in [1.54, 1.807) is 6.08 Å². The normalized spacial score (nSPS) is 14.9. The summed E-state index contributed by atoms with van der Waals surface area (Å²) in [5, 5.41) is 0. The molecule has 2 N–H and O–H groups in total. The summed E-state index contributed by atoms with van der Waals surface area (Å²) < 4.78 is 0. The zero-order chi connectivity index (χ0) is 13.0. The monoisotopic (exact) mass is 244 g/mol. The summed E-state index contributed by atoms with van der Waals surface area (Å²) >= 11 is 0. The van der Waals surface area contributed by atoms with Crippen molar-refractivity contribution in [2.24, 2.45) is 5.92 Å². The van der Waals surface area contributed by atoms with Gasteiger partial charge in [0.2, 0.25) is 5.91 Å². The van der Waals surface area contributed by atoms with Crippen LogP contribution in [0.1, 0.15) is 25.3 Å². The summed E-state index contributed by atoms with van der Waals surface area (Å²) in [5.41, 5.74) is 7.38. The fraction of sp³-hybridized carbons (Fsp3) is 0.400. The minimum absolute atomic E-state index is 0.0897. The van der Waals surface area contributed by atoms with E-state index in [4.69, 9.17) is 5.73 Å². The highest BCUT2D eigenvalue weighted by molar-refractivity contribution is 5.91. The van der Waals surface area contributed by atoms with E-state index in [2.05, 4.69) is 0 Å². The molecule has 1 fully saturated rings. The average molecular weight is 244 g/mol. The Kier molecular flexibility index (Phi) is 4.03. The van der Waals surface area contributed by atoms with Gasteiger partial charge in [-0.25, -0.2) is 0 Å². The SMILES string of the molecule is CCN(CC1CC1)C(=O)/C=C/c1cccc(N)c1. The van der Waals surface area contributed by atoms with Crippen molar-refractivity contribution in [3.8, 4) is 0 Å². The molecule has 18 heavy (non-hydrogen) atoms. The van der Waals surface area contributed by atoms with E-state index in [1.165, 1.54) is 12.8 Å². The number of hydrogen-bond donors (Lipinski definition) is 1. The van der Waals surface area contributed by atoms with Gasteiger partial charge in [0.1, 0.15) is 0 Å². The predicted molar refractivity (Wildman–Crippen MR) is 74.9 cm³/mol. The van der Waals surface area contributed by atoms with E-state index < -0.39 is 0 Å². The molecule has 0 unspecified atom stereocenters. The maximum absolute atomic E-state index is 12.0. The number of hydrogen-bond acceptors (Lipinski definition) is 2. The Balaban J connectivity index is 1.96. The second-order valence-corrected chi connectivity index (χ2v) is 4.82. The number of rotatable bonds is 5. The smallest absolute Gasteiger partial charge is 0.246 e. The van der Waals surface area contributed by atoms with Gasteiger partial charge in [0, 0.05) is 24.9 Å². The van der Waals surface area contributed by atoms with Gasteiger partial charge < -0.3 is 10.6 Å². The Bertz CT molecular complexity index is 450. The Hall–Kier alpha value is -1.77. The van der Waals surface area contributed by atoms with Crippen molar-refractivity contribution in [3.05, 3.63) is 35.9 Å².